The van der Waals surface area contributed by atoms with Gasteiger partial charge in [0.05, 0.1) is 6.54 Å². The molecule has 1 amide bonds. The lowest BCUT2D eigenvalue weighted by Gasteiger charge is -2.22. The van der Waals surface area contributed by atoms with Crippen molar-refractivity contribution in [2.75, 3.05) is 18.4 Å². The third-order valence-electron chi connectivity index (χ3n) is 4.97. The lowest BCUT2D eigenvalue weighted by atomic mass is 10.2. The second kappa shape index (κ2) is 9.04. The fourth-order valence-corrected chi connectivity index (χ4v) is 4.47. The van der Waals surface area contributed by atoms with Crippen LogP contribution in [0.25, 0.3) is 0 Å². The van der Waals surface area contributed by atoms with Crippen molar-refractivity contribution in [2.24, 2.45) is 0 Å². The van der Waals surface area contributed by atoms with E-state index < -0.39 is 0 Å². The zero-order chi connectivity index (χ0) is 19.2. The number of anilines is 1. The molecule has 1 aliphatic rings. The molecular formula is C23H24N2O2S. The number of carbonyl (C=O) groups excluding carboxylic acids is 1. The summed E-state index contributed by atoms with van der Waals surface area (Å²) in [7, 11) is 0. The Morgan fingerprint density at radius 2 is 1.89 bits per heavy atom. The number of hydrogen-bond acceptors (Lipinski definition) is 4. The van der Waals surface area contributed by atoms with Crippen LogP contribution in [0.2, 0.25) is 0 Å². The average molecular weight is 393 g/mol. The van der Waals surface area contributed by atoms with Crippen LogP contribution in [0.4, 0.5) is 5.69 Å². The van der Waals surface area contributed by atoms with Crippen LogP contribution < -0.4 is 10.1 Å². The maximum Gasteiger partial charge on any atom is 0.238 e. The normalized spacial score (nSPS) is 16.8. The van der Waals surface area contributed by atoms with Crippen LogP contribution in [0.1, 0.15) is 29.3 Å². The summed E-state index contributed by atoms with van der Waals surface area (Å²) in [6, 6.07) is 22.3. The first-order chi connectivity index (χ1) is 13.8. The van der Waals surface area contributed by atoms with Gasteiger partial charge in [-0.05, 0) is 60.7 Å². The van der Waals surface area contributed by atoms with Crippen molar-refractivity contribution in [3.63, 3.8) is 0 Å². The summed E-state index contributed by atoms with van der Waals surface area (Å²) in [5.74, 6) is 0.820. The fourth-order valence-electron chi connectivity index (χ4n) is 3.58. The smallest absolute Gasteiger partial charge is 0.238 e. The van der Waals surface area contributed by atoms with Crippen LogP contribution in [0.15, 0.2) is 72.1 Å². The predicted molar refractivity (Wildman–Crippen MR) is 114 cm³/mol. The average Bonchev–Trinajstić information content (AvgIpc) is 3.40. The molecule has 1 aliphatic heterocycles. The maximum absolute atomic E-state index is 12.5. The Morgan fingerprint density at radius 1 is 1.07 bits per heavy atom. The SMILES string of the molecule is O=C(CN1CCC[C@H]1c1cccs1)Nc1ccc(OCc2ccccc2)cc1. The number of benzene rings is 2. The summed E-state index contributed by atoms with van der Waals surface area (Å²) in [5.41, 5.74) is 1.93. The van der Waals surface area contributed by atoms with E-state index in [1.165, 1.54) is 4.88 Å². The zero-order valence-corrected chi connectivity index (χ0v) is 16.5. The molecule has 4 rings (SSSR count). The summed E-state index contributed by atoms with van der Waals surface area (Å²) in [6.07, 6.45) is 2.27. The van der Waals surface area contributed by atoms with E-state index in [-0.39, 0.29) is 5.91 Å². The van der Waals surface area contributed by atoms with Crippen molar-refractivity contribution in [3.05, 3.63) is 82.6 Å². The van der Waals surface area contributed by atoms with E-state index in [0.717, 1.165) is 36.4 Å². The van der Waals surface area contributed by atoms with E-state index in [0.29, 0.717) is 19.2 Å². The van der Waals surface area contributed by atoms with Gasteiger partial charge < -0.3 is 10.1 Å². The van der Waals surface area contributed by atoms with E-state index in [2.05, 4.69) is 27.7 Å². The van der Waals surface area contributed by atoms with Crippen LogP contribution in [0.5, 0.6) is 5.75 Å². The number of nitrogens with zero attached hydrogens (tertiary/aromatic N) is 1. The van der Waals surface area contributed by atoms with Crippen LogP contribution in [-0.2, 0) is 11.4 Å². The van der Waals surface area contributed by atoms with E-state index in [1.54, 1.807) is 11.3 Å². The van der Waals surface area contributed by atoms with E-state index in [4.69, 9.17) is 4.74 Å². The minimum atomic E-state index is 0.0291. The molecule has 0 unspecified atom stereocenters. The first-order valence-corrected chi connectivity index (χ1v) is 10.5. The standard InChI is InChI=1S/C23H24N2O2S/c26-23(16-25-14-4-8-21(25)22-9-5-15-28-22)24-19-10-12-20(13-11-19)27-17-18-6-2-1-3-7-18/h1-3,5-7,9-13,15,21H,4,8,14,16-17H2,(H,24,26)/t21-/m0/s1. The van der Waals surface area contributed by atoms with Crippen molar-refractivity contribution in [3.8, 4) is 5.75 Å². The Labute approximate surface area is 169 Å². The summed E-state index contributed by atoms with van der Waals surface area (Å²) in [6.45, 7) is 1.93. The molecule has 0 bridgehead atoms. The third kappa shape index (κ3) is 4.80. The number of hydrogen-bond donors (Lipinski definition) is 1. The molecule has 1 aromatic heterocycles. The molecule has 1 fully saturated rings. The van der Waals surface area contributed by atoms with Gasteiger partial charge >= 0.3 is 0 Å². The molecule has 4 nitrogen and oxygen atoms in total. The lowest BCUT2D eigenvalue weighted by molar-refractivity contribution is -0.117. The molecule has 0 aliphatic carbocycles. The van der Waals surface area contributed by atoms with Crippen molar-refractivity contribution in [2.45, 2.75) is 25.5 Å². The van der Waals surface area contributed by atoms with Gasteiger partial charge in [0.15, 0.2) is 0 Å². The van der Waals surface area contributed by atoms with Crippen molar-refractivity contribution in [1.29, 1.82) is 0 Å². The number of ether oxygens (including phenoxy) is 1. The van der Waals surface area contributed by atoms with Gasteiger partial charge in [0.1, 0.15) is 12.4 Å². The molecule has 3 aromatic rings. The van der Waals surface area contributed by atoms with Crippen LogP contribution >= 0.6 is 11.3 Å². The van der Waals surface area contributed by atoms with Crippen LogP contribution in [0.3, 0.4) is 0 Å². The molecule has 0 radical (unpaired) electrons. The number of thiophene rings is 1. The Balaban J connectivity index is 1.28. The highest BCUT2D eigenvalue weighted by Crippen LogP contribution is 2.34. The highest BCUT2D eigenvalue weighted by atomic mass is 32.1. The molecule has 1 N–H and O–H groups in total. The number of rotatable bonds is 7. The van der Waals surface area contributed by atoms with Gasteiger partial charge in [0, 0.05) is 16.6 Å². The second-order valence-corrected chi connectivity index (χ2v) is 7.97. The van der Waals surface area contributed by atoms with Crippen LogP contribution in [-0.4, -0.2) is 23.9 Å². The zero-order valence-electron chi connectivity index (χ0n) is 15.7. The van der Waals surface area contributed by atoms with Gasteiger partial charge in [-0.1, -0.05) is 36.4 Å². The first-order valence-electron chi connectivity index (χ1n) is 9.62. The summed E-state index contributed by atoms with van der Waals surface area (Å²) >= 11 is 1.77. The van der Waals surface area contributed by atoms with Gasteiger partial charge in [-0.2, -0.15) is 0 Å². The fraction of sp³-hybridized carbons (Fsp3) is 0.261. The minimum Gasteiger partial charge on any atom is -0.489 e. The Bertz CT molecular complexity index is 879. The topological polar surface area (TPSA) is 41.6 Å². The molecule has 144 valence electrons. The maximum atomic E-state index is 12.5. The third-order valence-corrected chi connectivity index (χ3v) is 5.94. The van der Waals surface area contributed by atoms with E-state index >= 15 is 0 Å². The molecule has 1 atom stereocenters. The van der Waals surface area contributed by atoms with Gasteiger partial charge in [-0.3, -0.25) is 9.69 Å². The number of likely N-dealkylation sites (tertiary alicyclic amines) is 1. The van der Waals surface area contributed by atoms with Crippen molar-refractivity contribution < 1.29 is 9.53 Å². The molecule has 28 heavy (non-hydrogen) atoms. The monoisotopic (exact) mass is 392 g/mol. The molecule has 5 heteroatoms. The van der Waals surface area contributed by atoms with Gasteiger partial charge in [-0.15, -0.1) is 11.3 Å². The summed E-state index contributed by atoms with van der Waals surface area (Å²) in [4.78, 5) is 16.1. The van der Waals surface area contributed by atoms with Crippen molar-refractivity contribution in [1.82, 2.24) is 4.90 Å². The highest BCUT2D eigenvalue weighted by molar-refractivity contribution is 7.10. The number of carbonyl (C=O) groups is 1. The van der Waals surface area contributed by atoms with E-state index in [1.807, 2.05) is 54.6 Å². The first kappa shape index (κ1) is 18.7. The molecule has 1 saturated heterocycles. The molecule has 0 spiro atoms. The largest absolute Gasteiger partial charge is 0.489 e. The number of nitrogens with one attached hydrogen (secondary N) is 1. The predicted octanol–water partition coefficient (Wildman–Crippen LogP) is 5.10. The molecule has 2 aromatic carbocycles. The molecular weight excluding hydrogens is 368 g/mol. The second-order valence-electron chi connectivity index (χ2n) is 6.99. The lowest BCUT2D eigenvalue weighted by Crippen LogP contribution is -2.32. The minimum absolute atomic E-state index is 0.0291. The Hall–Kier alpha value is -2.63. The highest BCUT2D eigenvalue weighted by Gasteiger charge is 2.28. The van der Waals surface area contributed by atoms with Crippen LogP contribution in [0, 0.1) is 0 Å². The molecule has 2 heterocycles. The number of amides is 1. The van der Waals surface area contributed by atoms with Gasteiger partial charge in [0.25, 0.3) is 0 Å². The Morgan fingerprint density at radius 3 is 2.64 bits per heavy atom. The van der Waals surface area contributed by atoms with Gasteiger partial charge in [-0.25, -0.2) is 0 Å². The summed E-state index contributed by atoms with van der Waals surface area (Å²) in [5, 5.41) is 5.11. The molecule has 0 saturated carbocycles. The van der Waals surface area contributed by atoms with Crippen molar-refractivity contribution >= 4 is 22.9 Å². The van der Waals surface area contributed by atoms with E-state index in [9.17, 15) is 4.79 Å². The summed E-state index contributed by atoms with van der Waals surface area (Å²) < 4.78 is 5.80. The Kier molecular flexibility index (Phi) is 6.04. The van der Waals surface area contributed by atoms with Gasteiger partial charge in [0.2, 0.25) is 5.91 Å². The quantitative estimate of drug-likeness (QED) is 0.608.